The molecule has 0 fully saturated rings. The number of fused-ring (bicyclic) bond motifs is 1. The van der Waals surface area contributed by atoms with E-state index in [0.717, 1.165) is 27.8 Å². The van der Waals surface area contributed by atoms with Crippen LogP contribution in [0.1, 0.15) is 23.5 Å². The van der Waals surface area contributed by atoms with Crippen molar-refractivity contribution in [3.63, 3.8) is 0 Å². The van der Waals surface area contributed by atoms with E-state index in [0.29, 0.717) is 10.8 Å². The Labute approximate surface area is 167 Å². The van der Waals surface area contributed by atoms with Crippen LogP contribution in [0, 0.1) is 0 Å². The zero-order valence-electron chi connectivity index (χ0n) is 14.9. The molecule has 4 rings (SSSR count). The molecule has 0 aliphatic carbocycles. The zero-order chi connectivity index (χ0) is 19.5. The first-order valence-electron chi connectivity index (χ1n) is 8.91. The van der Waals surface area contributed by atoms with E-state index in [9.17, 15) is 9.90 Å². The van der Waals surface area contributed by atoms with Crippen LogP contribution in [0.15, 0.2) is 79.0 Å². The fourth-order valence-electron chi connectivity index (χ4n) is 3.40. The van der Waals surface area contributed by atoms with Crippen molar-refractivity contribution in [2.75, 3.05) is 0 Å². The summed E-state index contributed by atoms with van der Waals surface area (Å²) in [6, 6.07) is 22.6. The molecule has 0 spiro atoms. The summed E-state index contributed by atoms with van der Waals surface area (Å²) in [5, 5.41) is 11.0. The Morgan fingerprint density at radius 2 is 1.79 bits per heavy atom. The average molecular weight is 392 g/mol. The van der Waals surface area contributed by atoms with Crippen LogP contribution >= 0.6 is 11.6 Å². The van der Waals surface area contributed by atoms with E-state index in [4.69, 9.17) is 16.3 Å². The van der Waals surface area contributed by atoms with E-state index in [-0.39, 0.29) is 12.3 Å². The summed E-state index contributed by atoms with van der Waals surface area (Å²) in [6.07, 6.45) is 1.83. The van der Waals surface area contributed by atoms with Crippen LogP contribution in [0.3, 0.4) is 0 Å². The Bertz CT molecular complexity index is 1120. The normalized spacial score (nSPS) is 12.0. The van der Waals surface area contributed by atoms with Crippen molar-refractivity contribution in [3.05, 3.63) is 95.1 Å². The zero-order valence-corrected chi connectivity index (χ0v) is 15.7. The quantitative estimate of drug-likeness (QED) is 0.410. The molecule has 0 saturated heterocycles. The van der Waals surface area contributed by atoms with Gasteiger partial charge in [-0.2, -0.15) is 0 Å². The number of hydrogen-bond donors (Lipinski definition) is 2. The lowest BCUT2D eigenvalue weighted by Gasteiger charge is -2.16. The number of hydrogen-bond acceptors (Lipinski definition) is 2. The van der Waals surface area contributed by atoms with Gasteiger partial charge in [-0.05, 0) is 53.6 Å². The Morgan fingerprint density at radius 3 is 2.57 bits per heavy atom. The average Bonchev–Trinajstić information content (AvgIpc) is 3.10. The van der Waals surface area contributed by atoms with Gasteiger partial charge in [0.2, 0.25) is 0 Å². The molecule has 3 aromatic carbocycles. The van der Waals surface area contributed by atoms with Crippen molar-refractivity contribution >= 4 is 28.5 Å². The van der Waals surface area contributed by atoms with Crippen molar-refractivity contribution in [3.8, 4) is 11.5 Å². The second-order valence-electron chi connectivity index (χ2n) is 6.57. The number of ether oxygens (including phenoxy) is 1. The molecule has 4 aromatic rings. The lowest BCUT2D eigenvalue weighted by Crippen LogP contribution is -2.07. The molecule has 4 nitrogen and oxygen atoms in total. The first-order valence-corrected chi connectivity index (χ1v) is 9.29. The number of H-pyrrole nitrogens is 1. The minimum atomic E-state index is -0.865. The van der Waals surface area contributed by atoms with E-state index in [1.807, 2.05) is 79.0 Å². The molecule has 0 unspecified atom stereocenters. The molecule has 0 aliphatic heterocycles. The number of nitrogens with one attached hydrogen (secondary N) is 1. The van der Waals surface area contributed by atoms with Gasteiger partial charge in [0, 0.05) is 28.0 Å². The molecular formula is C23H18ClNO3. The van der Waals surface area contributed by atoms with E-state index in [2.05, 4.69) is 4.98 Å². The second kappa shape index (κ2) is 7.79. The summed E-state index contributed by atoms with van der Waals surface area (Å²) < 4.78 is 5.92. The number of benzene rings is 3. The summed E-state index contributed by atoms with van der Waals surface area (Å²) in [5.41, 5.74) is 2.69. The highest BCUT2D eigenvalue weighted by molar-refractivity contribution is 6.31. The first kappa shape index (κ1) is 18.1. The largest absolute Gasteiger partial charge is 0.481 e. The van der Waals surface area contributed by atoms with Gasteiger partial charge in [0.25, 0.3) is 0 Å². The van der Waals surface area contributed by atoms with Gasteiger partial charge >= 0.3 is 5.97 Å². The van der Waals surface area contributed by atoms with Gasteiger partial charge < -0.3 is 14.8 Å². The lowest BCUT2D eigenvalue weighted by molar-refractivity contribution is -0.137. The highest BCUT2D eigenvalue weighted by atomic mass is 35.5. The van der Waals surface area contributed by atoms with Gasteiger partial charge in [0.15, 0.2) is 0 Å². The highest BCUT2D eigenvalue weighted by Crippen LogP contribution is 2.36. The smallest absolute Gasteiger partial charge is 0.304 e. The Morgan fingerprint density at radius 1 is 1.00 bits per heavy atom. The van der Waals surface area contributed by atoms with E-state index in [1.54, 1.807) is 0 Å². The molecule has 0 amide bonds. The molecule has 0 aliphatic rings. The number of para-hydroxylation sites is 1. The monoisotopic (exact) mass is 391 g/mol. The van der Waals surface area contributed by atoms with E-state index in [1.165, 1.54) is 0 Å². The Kier molecular flexibility index (Phi) is 5.04. The number of rotatable bonds is 6. The topological polar surface area (TPSA) is 62.3 Å². The molecular weight excluding hydrogens is 374 g/mol. The molecule has 140 valence electrons. The molecule has 1 heterocycles. The molecule has 5 heteroatoms. The maximum Gasteiger partial charge on any atom is 0.304 e. The van der Waals surface area contributed by atoms with Crippen molar-refractivity contribution < 1.29 is 14.6 Å². The minimum Gasteiger partial charge on any atom is -0.481 e. The lowest BCUT2D eigenvalue weighted by atomic mass is 9.88. The van der Waals surface area contributed by atoms with Gasteiger partial charge in [-0.25, -0.2) is 0 Å². The standard InChI is InChI=1S/C23H18ClNO3/c24-16-9-10-22-20(12-16)21(14-25-22)19(13-23(26)27)15-5-4-8-18(11-15)28-17-6-2-1-3-7-17/h1-12,14,19,25H,13H2,(H,26,27)/t19-/m0/s1. The van der Waals surface area contributed by atoms with Crippen molar-refractivity contribution in [1.82, 2.24) is 4.98 Å². The number of carboxylic acids is 1. The molecule has 0 saturated carbocycles. The van der Waals surface area contributed by atoms with Crippen LogP contribution in [0.5, 0.6) is 11.5 Å². The predicted molar refractivity (Wildman–Crippen MR) is 110 cm³/mol. The number of aromatic amines is 1. The summed E-state index contributed by atoms with van der Waals surface area (Å²) in [5.74, 6) is 0.199. The third-order valence-electron chi connectivity index (χ3n) is 4.67. The predicted octanol–water partition coefficient (Wildman–Crippen LogP) is 6.22. The summed E-state index contributed by atoms with van der Waals surface area (Å²) in [6.45, 7) is 0. The fourth-order valence-corrected chi connectivity index (χ4v) is 3.58. The van der Waals surface area contributed by atoms with Crippen molar-refractivity contribution in [1.29, 1.82) is 0 Å². The van der Waals surface area contributed by atoms with Gasteiger partial charge in [-0.3, -0.25) is 4.79 Å². The SMILES string of the molecule is O=C(O)C[C@@H](c1cccc(Oc2ccccc2)c1)c1c[nH]c2ccc(Cl)cc12. The Hall–Kier alpha value is -3.24. The van der Waals surface area contributed by atoms with Crippen LogP contribution < -0.4 is 4.74 Å². The van der Waals surface area contributed by atoms with Crippen LogP contribution in [0.25, 0.3) is 10.9 Å². The van der Waals surface area contributed by atoms with E-state index >= 15 is 0 Å². The number of halogens is 1. The fraction of sp³-hybridized carbons (Fsp3) is 0.0870. The van der Waals surface area contributed by atoms with Gasteiger partial charge in [-0.15, -0.1) is 0 Å². The van der Waals surface area contributed by atoms with Crippen molar-refractivity contribution in [2.45, 2.75) is 12.3 Å². The molecule has 2 N–H and O–H groups in total. The maximum absolute atomic E-state index is 11.6. The molecule has 1 aromatic heterocycles. The Balaban J connectivity index is 1.74. The third kappa shape index (κ3) is 3.87. The summed E-state index contributed by atoms with van der Waals surface area (Å²) in [7, 11) is 0. The number of carbonyl (C=O) groups is 1. The van der Waals surface area contributed by atoms with Crippen LogP contribution in [-0.2, 0) is 4.79 Å². The van der Waals surface area contributed by atoms with Crippen molar-refractivity contribution in [2.24, 2.45) is 0 Å². The van der Waals surface area contributed by atoms with Gasteiger partial charge in [0.05, 0.1) is 6.42 Å². The molecule has 0 bridgehead atoms. The number of aliphatic carboxylic acids is 1. The first-order chi connectivity index (χ1) is 13.6. The van der Waals surface area contributed by atoms with Gasteiger partial charge in [-0.1, -0.05) is 41.9 Å². The van der Waals surface area contributed by atoms with Gasteiger partial charge in [0.1, 0.15) is 11.5 Å². The van der Waals surface area contributed by atoms with Crippen LogP contribution in [-0.4, -0.2) is 16.1 Å². The van der Waals surface area contributed by atoms with Crippen LogP contribution in [0.2, 0.25) is 5.02 Å². The van der Waals surface area contributed by atoms with E-state index < -0.39 is 5.97 Å². The molecule has 1 atom stereocenters. The highest BCUT2D eigenvalue weighted by Gasteiger charge is 2.22. The molecule has 28 heavy (non-hydrogen) atoms. The number of aromatic nitrogens is 1. The number of carboxylic acid groups (broad SMARTS) is 1. The third-order valence-corrected chi connectivity index (χ3v) is 4.90. The molecule has 0 radical (unpaired) electrons. The van der Waals surface area contributed by atoms with Crippen LogP contribution in [0.4, 0.5) is 0 Å². The summed E-state index contributed by atoms with van der Waals surface area (Å²) in [4.78, 5) is 14.8. The second-order valence-corrected chi connectivity index (χ2v) is 7.01. The summed E-state index contributed by atoms with van der Waals surface area (Å²) >= 11 is 6.17. The minimum absolute atomic E-state index is 0.0335. The maximum atomic E-state index is 11.6.